The van der Waals surface area contributed by atoms with Crippen LogP contribution in [0.25, 0.3) is 0 Å². The number of carbonyl (C=O) groups is 2. The number of piperidine rings is 1. The lowest BCUT2D eigenvalue weighted by molar-refractivity contribution is 0.0519. The van der Waals surface area contributed by atoms with Crippen molar-refractivity contribution in [2.24, 2.45) is 0 Å². The van der Waals surface area contributed by atoms with Crippen molar-refractivity contribution in [2.75, 3.05) is 31.6 Å². The summed E-state index contributed by atoms with van der Waals surface area (Å²) in [5, 5.41) is 6.92. The van der Waals surface area contributed by atoms with Gasteiger partial charge in [0.2, 0.25) is 0 Å². The van der Waals surface area contributed by atoms with E-state index in [0.29, 0.717) is 31.2 Å². The minimum atomic E-state index is -0.426. The number of hydrogen-bond acceptors (Lipinski definition) is 6. The van der Waals surface area contributed by atoms with Gasteiger partial charge in [0.15, 0.2) is 5.82 Å². The van der Waals surface area contributed by atoms with Gasteiger partial charge in [0, 0.05) is 32.2 Å². The summed E-state index contributed by atoms with van der Waals surface area (Å²) in [4.78, 5) is 28.0. The zero-order valence-electron chi connectivity index (χ0n) is 16.3. The second-order valence-corrected chi connectivity index (χ2v) is 6.75. The van der Waals surface area contributed by atoms with Crippen LogP contribution in [0, 0.1) is 0 Å². The Balaban J connectivity index is 1.56. The molecule has 2 heterocycles. The average molecular weight is 386 g/mol. The molecule has 1 amide bonds. The smallest absolute Gasteiger partial charge is 0.410 e. The van der Waals surface area contributed by atoms with E-state index < -0.39 is 5.97 Å². The van der Waals surface area contributed by atoms with E-state index in [1.807, 2.05) is 42.3 Å². The number of amides is 1. The van der Waals surface area contributed by atoms with Gasteiger partial charge in [-0.1, -0.05) is 30.3 Å². The van der Waals surface area contributed by atoms with Crippen LogP contribution in [0.1, 0.15) is 35.8 Å². The minimum Gasteiger partial charge on any atom is -0.461 e. The van der Waals surface area contributed by atoms with Gasteiger partial charge in [-0.15, -0.1) is 0 Å². The van der Waals surface area contributed by atoms with E-state index in [1.54, 1.807) is 17.9 Å². The second-order valence-electron chi connectivity index (χ2n) is 6.75. The van der Waals surface area contributed by atoms with Gasteiger partial charge < -0.3 is 19.3 Å². The van der Waals surface area contributed by atoms with Crippen molar-refractivity contribution in [3.8, 4) is 0 Å². The summed E-state index contributed by atoms with van der Waals surface area (Å²) >= 11 is 0. The van der Waals surface area contributed by atoms with Crippen LogP contribution >= 0.6 is 0 Å². The molecule has 28 heavy (non-hydrogen) atoms. The molecule has 1 aromatic carbocycles. The van der Waals surface area contributed by atoms with Gasteiger partial charge in [-0.25, -0.2) is 9.59 Å². The normalized spacial score (nSPS) is 16.5. The van der Waals surface area contributed by atoms with Crippen LogP contribution < -0.4 is 4.90 Å². The molecule has 1 aromatic heterocycles. The number of ether oxygens (including phenoxy) is 2. The molecule has 0 aliphatic carbocycles. The Morgan fingerprint density at radius 3 is 2.82 bits per heavy atom. The van der Waals surface area contributed by atoms with Crippen LogP contribution in [0.5, 0.6) is 0 Å². The summed E-state index contributed by atoms with van der Waals surface area (Å²) in [6.07, 6.45) is 1.50. The lowest BCUT2D eigenvalue weighted by Gasteiger charge is -2.37. The topological polar surface area (TPSA) is 87.8 Å². The zero-order chi connectivity index (χ0) is 19.9. The number of rotatable bonds is 6. The van der Waals surface area contributed by atoms with Crippen molar-refractivity contribution in [1.82, 2.24) is 15.1 Å². The third-order valence-electron chi connectivity index (χ3n) is 4.83. The number of likely N-dealkylation sites (N-methyl/N-ethyl adjacent to an activating group) is 1. The van der Waals surface area contributed by atoms with Crippen molar-refractivity contribution in [3.63, 3.8) is 0 Å². The first-order valence-corrected chi connectivity index (χ1v) is 9.49. The molecule has 3 rings (SSSR count). The Bertz CT molecular complexity index is 793. The van der Waals surface area contributed by atoms with Crippen molar-refractivity contribution in [2.45, 2.75) is 32.4 Å². The molecular formula is C20H26N4O4. The van der Waals surface area contributed by atoms with Gasteiger partial charge in [0.1, 0.15) is 12.3 Å². The molecule has 1 aliphatic heterocycles. The molecule has 1 saturated heterocycles. The number of aromatic amines is 1. The summed E-state index contributed by atoms with van der Waals surface area (Å²) in [7, 11) is 1.91. The third-order valence-corrected chi connectivity index (χ3v) is 4.83. The fourth-order valence-electron chi connectivity index (χ4n) is 3.24. The largest absolute Gasteiger partial charge is 0.461 e. The standard InChI is InChI=1S/C20H26N4O4/c1-3-27-19(25)17-12-18(22-21-17)23(2)16-10-7-11-24(13-16)20(26)28-14-15-8-5-4-6-9-15/h4-6,8-9,12,16H,3,7,10-11,13-14H2,1-2H3,(H,21,22)/t16-/m1/s1. The summed E-state index contributed by atoms with van der Waals surface area (Å²) < 4.78 is 10.4. The Morgan fingerprint density at radius 2 is 2.07 bits per heavy atom. The number of aromatic nitrogens is 2. The number of carbonyl (C=O) groups excluding carboxylic acids is 2. The van der Waals surface area contributed by atoms with Crippen LogP contribution in [0.2, 0.25) is 0 Å². The molecule has 1 atom stereocenters. The lowest BCUT2D eigenvalue weighted by Crippen LogP contribution is -2.49. The number of anilines is 1. The molecule has 0 unspecified atom stereocenters. The fraction of sp³-hybridized carbons (Fsp3) is 0.450. The van der Waals surface area contributed by atoms with Crippen LogP contribution in [-0.4, -0.2) is 59.9 Å². The second kappa shape index (κ2) is 9.25. The van der Waals surface area contributed by atoms with Crippen LogP contribution in [-0.2, 0) is 16.1 Å². The van der Waals surface area contributed by atoms with Crippen LogP contribution in [0.3, 0.4) is 0 Å². The minimum absolute atomic E-state index is 0.0939. The van der Waals surface area contributed by atoms with E-state index in [0.717, 1.165) is 18.4 Å². The summed E-state index contributed by atoms with van der Waals surface area (Å²) in [5.74, 6) is 0.219. The molecule has 0 saturated carbocycles. The first-order chi connectivity index (χ1) is 13.6. The van der Waals surface area contributed by atoms with Gasteiger partial charge in [-0.05, 0) is 25.3 Å². The van der Waals surface area contributed by atoms with Gasteiger partial charge >= 0.3 is 12.1 Å². The highest BCUT2D eigenvalue weighted by Gasteiger charge is 2.28. The van der Waals surface area contributed by atoms with Crippen molar-refractivity contribution in [1.29, 1.82) is 0 Å². The predicted octanol–water partition coefficient (Wildman–Crippen LogP) is 2.82. The predicted molar refractivity (Wildman–Crippen MR) is 104 cm³/mol. The Hall–Kier alpha value is -3.03. The van der Waals surface area contributed by atoms with Crippen LogP contribution in [0.4, 0.5) is 10.6 Å². The molecule has 1 fully saturated rings. The van der Waals surface area contributed by atoms with E-state index in [4.69, 9.17) is 9.47 Å². The highest BCUT2D eigenvalue weighted by molar-refractivity contribution is 5.88. The van der Waals surface area contributed by atoms with E-state index >= 15 is 0 Å². The van der Waals surface area contributed by atoms with Gasteiger partial charge in [-0.2, -0.15) is 5.10 Å². The molecular weight excluding hydrogens is 360 g/mol. The first-order valence-electron chi connectivity index (χ1n) is 9.49. The zero-order valence-corrected chi connectivity index (χ0v) is 16.3. The quantitative estimate of drug-likeness (QED) is 0.768. The maximum absolute atomic E-state index is 12.4. The van der Waals surface area contributed by atoms with Crippen molar-refractivity contribution >= 4 is 17.9 Å². The number of likely N-dealkylation sites (tertiary alicyclic amines) is 1. The molecule has 1 aliphatic rings. The monoisotopic (exact) mass is 386 g/mol. The summed E-state index contributed by atoms with van der Waals surface area (Å²) in [6.45, 7) is 3.55. The van der Waals surface area contributed by atoms with Gasteiger partial charge in [0.25, 0.3) is 0 Å². The Morgan fingerprint density at radius 1 is 1.29 bits per heavy atom. The molecule has 0 radical (unpaired) electrons. The molecule has 1 N–H and O–H groups in total. The number of H-pyrrole nitrogens is 1. The maximum Gasteiger partial charge on any atom is 0.410 e. The van der Waals surface area contributed by atoms with E-state index in [-0.39, 0.29) is 18.7 Å². The third kappa shape index (κ3) is 4.82. The lowest BCUT2D eigenvalue weighted by atomic mass is 10.0. The van der Waals surface area contributed by atoms with E-state index in [9.17, 15) is 9.59 Å². The number of esters is 1. The number of nitrogens with zero attached hydrogens (tertiary/aromatic N) is 3. The number of nitrogens with one attached hydrogen (secondary N) is 1. The molecule has 2 aromatic rings. The van der Waals surface area contributed by atoms with Gasteiger partial charge in [-0.3, -0.25) is 5.10 Å². The fourth-order valence-corrected chi connectivity index (χ4v) is 3.24. The molecule has 0 bridgehead atoms. The van der Waals surface area contributed by atoms with E-state index in [2.05, 4.69) is 10.2 Å². The molecule has 8 nitrogen and oxygen atoms in total. The number of hydrogen-bond donors (Lipinski definition) is 1. The summed E-state index contributed by atoms with van der Waals surface area (Å²) in [5.41, 5.74) is 1.28. The highest BCUT2D eigenvalue weighted by Crippen LogP contribution is 2.21. The van der Waals surface area contributed by atoms with E-state index in [1.165, 1.54) is 0 Å². The SMILES string of the molecule is CCOC(=O)c1cc(N(C)[C@@H]2CCCN(C(=O)OCc3ccccc3)C2)n[nH]1. The average Bonchev–Trinajstić information content (AvgIpc) is 3.23. The Labute approximate surface area is 164 Å². The Kier molecular flexibility index (Phi) is 6.52. The molecule has 0 spiro atoms. The van der Waals surface area contributed by atoms with Crippen molar-refractivity contribution < 1.29 is 19.1 Å². The molecule has 150 valence electrons. The molecule has 8 heteroatoms. The van der Waals surface area contributed by atoms with Crippen LogP contribution in [0.15, 0.2) is 36.4 Å². The number of benzene rings is 1. The van der Waals surface area contributed by atoms with Crippen molar-refractivity contribution in [3.05, 3.63) is 47.7 Å². The highest BCUT2D eigenvalue weighted by atomic mass is 16.6. The first kappa shape index (κ1) is 19.7. The van der Waals surface area contributed by atoms with Gasteiger partial charge in [0.05, 0.1) is 6.61 Å². The summed E-state index contributed by atoms with van der Waals surface area (Å²) in [6, 6.07) is 11.4. The maximum atomic E-state index is 12.4.